The minimum atomic E-state index is -0.198. The molecule has 0 spiro atoms. The van der Waals surface area contributed by atoms with E-state index in [2.05, 4.69) is 11.9 Å². The maximum absolute atomic E-state index is 13.0. The summed E-state index contributed by atoms with van der Waals surface area (Å²) < 4.78 is 1.78. The van der Waals surface area contributed by atoms with Crippen LogP contribution in [0.3, 0.4) is 0 Å². The van der Waals surface area contributed by atoms with Crippen LogP contribution in [0.5, 0.6) is 5.75 Å². The quantitative estimate of drug-likeness (QED) is 0.730. The fourth-order valence-electron chi connectivity index (χ4n) is 2.71. The van der Waals surface area contributed by atoms with Gasteiger partial charge in [0, 0.05) is 11.8 Å². The number of carbonyl (C=O) groups excluding carboxylic acids is 1. The Labute approximate surface area is 139 Å². The Kier molecular flexibility index (Phi) is 4.30. The predicted molar refractivity (Wildman–Crippen MR) is 90.1 cm³/mol. The second-order valence-electron chi connectivity index (χ2n) is 5.61. The van der Waals surface area contributed by atoms with Crippen LogP contribution in [0.2, 0.25) is 0 Å². The van der Waals surface area contributed by atoms with Crippen molar-refractivity contribution in [2.75, 3.05) is 0 Å². The molecular weight excluding hydrogens is 302 g/mol. The second kappa shape index (κ2) is 6.55. The van der Waals surface area contributed by atoms with Gasteiger partial charge in [-0.1, -0.05) is 19.4 Å². The molecule has 3 rings (SSSR count). The summed E-state index contributed by atoms with van der Waals surface area (Å²) in [5.41, 5.74) is 2.47. The van der Waals surface area contributed by atoms with Crippen molar-refractivity contribution in [2.45, 2.75) is 26.2 Å². The summed E-state index contributed by atoms with van der Waals surface area (Å²) in [6.07, 6.45) is 4.50. The molecule has 5 heteroatoms. The number of aromatic hydroxyl groups is 1. The van der Waals surface area contributed by atoms with Crippen LogP contribution in [0.25, 0.3) is 5.65 Å². The van der Waals surface area contributed by atoms with Gasteiger partial charge >= 0.3 is 0 Å². The number of phenolic OH excluding ortho intramolecular Hbond substituents is 1. The minimum Gasteiger partial charge on any atom is -0.507 e. The molecule has 0 bridgehead atoms. The number of imidazole rings is 1. The first kappa shape index (κ1) is 15.8. The Hall–Kier alpha value is -3.13. The van der Waals surface area contributed by atoms with Crippen LogP contribution in [0.15, 0.2) is 42.6 Å². The highest BCUT2D eigenvalue weighted by Crippen LogP contribution is 2.22. The van der Waals surface area contributed by atoms with E-state index in [1.165, 1.54) is 18.2 Å². The Balaban J connectivity index is 2.13. The Bertz CT molecular complexity index is 951. The van der Waals surface area contributed by atoms with E-state index in [0.717, 1.165) is 30.6 Å². The average molecular weight is 319 g/mol. The van der Waals surface area contributed by atoms with Crippen molar-refractivity contribution in [1.82, 2.24) is 9.38 Å². The highest BCUT2D eigenvalue weighted by molar-refractivity contribution is 6.09. The lowest BCUT2D eigenvalue weighted by molar-refractivity contribution is 0.103. The average Bonchev–Trinajstić information content (AvgIpc) is 2.98. The smallest absolute Gasteiger partial charge is 0.211 e. The molecule has 2 heterocycles. The van der Waals surface area contributed by atoms with E-state index in [0.29, 0.717) is 11.3 Å². The molecule has 0 unspecified atom stereocenters. The van der Waals surface area contributed by atoms with Crippen LogP contribution >= 0.6 is 0 Å². The molecule has 120 valence electrons. The number of nitriles is 1. The number of carbonyl (C=O) groups is 1. The highest BCUT2D eigenvalue weighted by atomic mass is 16.3. The topological polar surface area (TPSA) is 78.4 Å². The highest BCUT2D eigenvalue weighted by Gasteiger charge is 2.21. The van der Waals surface area contributed by atoms with E-state index in [1.54, 1.807) is 4.40 Å². The third kappa shape index (κ3) is 2.74. The number of benzene rings is 1. The Morgan fingerprint density at radius 1 is 1.33 bits per heavy atom. The minimum absolute atomic E-state index is 0.0878. The van der Waals surface area contributed by atoms with Crippen molar-refractivity contribution in [2.24, 2.45) is 0 Å². The molecule has 1 aromatic carbocycles. The lowest BCUT2D eigenvalue weighted by Gasteiger charge is -2.06. The van der Waals surface area contributed by atoms with Crippen LogP contribution < -0.4 is 0 Å². The van der Waals surface area contributed by atoms with Gasteiger partial charge in [-0.25, -0.2) is 4.98 Å². The van der Waals surface area contributed by atoms with Crippen molar-refractivity contribution in [1.29, 1.82) is 5.26 Å². The van der Waals surface area contributed by atoms with Gasteiger partial charge in [-0.3, -0.25) is 9.20 Å². The zero-order valence-corrected chi connectivity index (χ0v) is 13.4. The first-order chi connectivity index (χ1) is 11.7. The molecule has 24 heavy (non-hydrogen) atoms. The Morgan fingerprint density at radius 3 is 2.92 bits per heavy atom. The van der Waals surface area contributed by atoms with E-state index in [1.807, 2.05) is 30.5 Å². The molecule has 0 saturated carbocycles. The zero-order valence-electron chi connectivity index (χ0n) is 13.4. The molecule has 2 aromatic heterocycles. The van der Waals surface area contributed by atoms with Crippen LogP contribution in [-0.2, 0) is 6.42 Å². The van der Waals surface area contributed by atoms with Gasteiger partial charge in [0.1, 0.15) is 23.2 Å². The van der Waals surface area contributed by atoms with E-state index in [4.69, 9.17) is 5.26 Å². The number of hydrogen-bond acceptors (Lipinski definition) is 4. The Morgan fingerprint density at radius 2 is 2.17 bits per heavy atom. The van der Waals surface area contributed by atoms with Crippen LogP contribution in [0.1, 0.15) is 47.1 Å². The predicted octanol–water partition coefficient (Wildman–Crippen LogP) is 3.49. The molecule has 3 aromatic rings. The number of nitrogens with zero attached hydrogens (tertiary/aromatic N) is 3. The summed E-state index contributed by atoms with van der Waals surface area (Å²) >= 11 is 0. The van der Waals surface area contributed by atoms with Crippen LogP contribution in [0, 0.1) is 11.3 Å². The summed E-state index contributed by atoms with van der Waals surface area (Å²) in [5.74, 6) is -0.324. The number of ketones is 1. The molecule has 0 aliphatic heterocycles. The fourth-order valence-corrected chi connectivity index (χ4v) is 2.71. The van der Waals surface area contributed by atoms with Crippen LogP contribution in [-0.4, -0.2) is 20.3 Å². The number of aryl methyl sites for hydroxylation is 1. The molecule has 0 aliphatic carbocycles. The van der Waals surface area contributed by atoms with E-state index in [-0.39, 0.29) is 17.1 Å². The molecule has 0 amide bonds. The molecule has 0 atom stereocenters. The number of aromatic nitrogens is 2. The standard InChI is InChI=1S/C19H17N3O2/c1-2-3-6-15-18(22-10-5-4-7-17(22)21-15)19(24)13-8-9-16(23)14(11-13)12-20/h4-5,7-11,23H,2-3,6H2,1H3. The number of unbranched alkanes of at least 4 members (excludes halogenated alkanes) is 1. The van der Waals surface area contributed by atoms with Gasteiger partial charge in [0.25, 0.3) is 0 Å². The number of phenols is 1. The molecule has 1 N–H and O–H groups in total. The molecule has 0 saturated heterocycles. The van der Waals surface area contributed by atoms with Gasteiger partial charge in [-0.05, 0) is 43.2 Å². The maximum Gasteiger partial charge on any atom is 0.211 e. The van der Waals surface area contributed by atoms with Crippen molar-refractivity contribution < 1.29 is 9.90 Å². The molecule has 0 aliphatic rings. The van der Waals surface area contributed by atoms with Gasteiger partial charge in [0.05, 0.1) is 11.3 Å². The monoisotopic (exact) mass is 319 g/mol. The summed E-state index contributed by atoms with van der Waals surface area (Å²) in [5, 5.41) is 18.7. The number of rotatable bonds is 5. The first-order valence-electron chi connectivity index (χ1n) is 7.89. The van der Waals surface area contributed by atoms with Crippen molar-refractivity contribution in [3.8, 4) is 11.8 Å². The normalized spacial score (nSPS) is 10.7. The lowest BCUT2D eigenvalue weighted by atomic mass is 10.0. The summed E-state index contributed by atoms with van der Waals surface area (Å²) in [4.78, 5) is 17.6. The van der Waals surface area contributed by atoms with E-state index >= 15 is 0 Å². The third-order valence-corrected chi connectivity index (χ3v) is 3.96. The van der Waals surface area contributed by atoms with Gasteiger partial charge in [0.2, 0.25) is 5.78 Å². The number of fused-ring (bicyclic) bond motifs is 1. The zero-order chi connectivity index (χ0) is 17.1. The van der Waals surface area contributed by atoms with Crippen molar-refractivity contribution >= 4 is 11.4 Å². The fraction of sp³-hybridized carbons (Fsp3) is 0.211. The third-order valence-electron chi connectivity index (χ3n) is 3.96. The molecular formula is C19H17N3O2. The molecule has 5 nitrogen and oxygen atoms in total. The van der Waals surface area contributed by atoms with Crippen molar-refractivity contribution in [3.63, 3.8) is 0 Å². The summed E-state index contributed by atoms with van der Waals surface area (Å²) in [6, 6.07) is 11.8. The first-order valence-corrected chi connectivity index (χ1v) is 7.89. The van der Waals surface area contributed by atoms with Crippen LogP contribution in [0.4, 0.5) is 0 Å². The van der Waals surface area contributed by atoms with Gasteiger partial charge in [-0.15, -0.1) is 0 Å². The second-order valence-corrected chi connectivity index (χ2v) is 5.61. The van der Waals surface area contributed by atoms with E-state index < -0.39 is 0 Å². The number of hydrogen-bond donors (Lipinski definition) is 1. The maximum atomic E-state index is 13.0. The van der Waals surface area contributed by atoms with Gasteiger partial charge in [-0.2, -0.15) is 5.26 Å². The lowest BCUT2D eigenvalue weighted by Crippen LogP contribution is -2.08. The van der Waals surface area contributed by atoms with Gasteiger partial charge < -0.3 is 5.11 Å². The largest absolute Gasteiger partial charge is 0.507 e. The summed E-state index contributed by atoms with van der Waals surface area (Å²) in [7, 11) is 0. The van der Waals surface area contributed by atoms with Gasteiger partial charge in [0.15, 0.2) is 0 Å². The van der Waals surface area contributed by atoms with Crippen molar-refractivity contribution in [3.05, 3.63) is 65.1 Å². The summed E-state index contributed by atoms with van der Waals surface area (Å²) in [6.45, 7) is 2.09. The molecule has 0 fully saturated rings. The SMILES string of the molecule is CCCCc1nc2ccccn2c1C(=O)c1ccc(O)c(C#N)c1. The molecule has 0 radical (unpaired) electrons. The number of pyridine rings is 1. The van der Waals surface area contributed by atoms with E-state index in [9.17, 15) is 9.90 Å².